The van der Waals surface area contributed by atoms with Crippen LogP contribution in [0.4, 0.5) is 17.5 Å². The van der Waals surface area contributed by atoms with Crippen LogP contribution in [0.15, 0.2) is 84.9 Å². The van der Waals surface area contributed by atoms with Crippen molar-refractivity contribution in [3.63, 3.8) is 0 Å². The van der Waals surface area contributed by atoms with Crippen LogP contribution in [0.2, 0.25) is 0 Å². The van der Waals surface area contributed by atoms with Gasteiger partial charge in [0.15, 0.2) is 0 Å². The molecule has 0 radical (unpaired) electrons. The summed E-state index contributed by atoms with van der Waals surface area (Å²) in [5, 5.41) is 9.64. The van der Waals surface area contributed by atoms with Gasteiger partial charge in [-0.2, -0.15) is 4.98 Å². The van der Waals surface area contributed by atoms with E-state index in [1.165, 1.54) is 11.1 Å². The summed E-state index contributed by atoms with van der Waals surface area (Å²) in [6.07, 6.45) is 0.498. The Hall–Kier alpha value is -4.39. The molecule has 0 saturated carbocycles. The number of methoxy groups -OCH3 is 1. The Balaban J connectivity index is 1.52. The lowest BCUT2D eigenvalue weighted by atomic mass is 10.0. The van der Waals surface area contributed by atoms with Crippen LogP contribution in [-0.4, -0.2) is 29.0 Å². The van der Waals surface area contributed by atoms with E-state index in [9.17, 15) is 4.79 Å². The van der Waals surface area contributed by atoms with Crippen LogP contribution in [0.5, 0.6) is 5.75 Å². The van der Waals surface area contributed by atoms with Crippen molar-refractivity contribution in [1.29, 1.82) is 0 Å². The number of amides is 1. The van der Waals surface area contributed by atoms with E-state index >= 15 is 0 Å². The smallest absolute Gasteiger partial charge is 0.247 e. The van der Waals surface area contributed by atoms with Gasteiger partial charge in [-0.05, 0) is 54.8 Å². The average molecular weight is 482 g/mol. The summed E-state index contributed by atoms with van der Waals surface area (Å²) < 4.78 is 5.21. The van der Waals surface area contributed by atoms with E-state index in [0.29, 0.717) is 30.4 Å². The highest BCUT2D eigenvalue weighted by Gasteiger charge is 2.20. The summed E-state index contributed by atoms with van der Waals surface area (Å²) in [4.78, 5) is 22.5. The van der Waals surface area contributed by atoms with Gasteiger partial charge in [-0.25, -0.2) is 4.98 Å². The molecule has 0 fully saturated rings. The molecule has 3 aromatic carbocycles. The minimum absolute atomic E-state index is 0.158. The zero-order chi connectivity index (χ0) is 25.3. The van der Waals surface area contributed by atoms with Crippen LogP contribution < -0.4 is 20.7 Å². The second-order valence-corrected chi connectivity index (χ2v) is 8.60. The van der Waals surface area contributed by atoms with E-state index in [-0.39, 0.29) is 5.91 Å². The molecule has 0 unspecified atom stereocenters. The van der Waals surface area contributed by atoms with Crippen LogP contribution in [0, 0.1) is 13.8 Å². The van der Waals surface area contributed by atoms with Crippen LogP contribution in [0.25, 0.3) is 0 Å². The molecule has 0 aliphatic heterocycles. The van der Waals surface area contributed by atoms with Crippen molar-refractivity contribution in [3.8, 4) is 5.75 Å². The molecule has 1 aromatic heterocycles. The minimum Gasteiger partial charge on any atom is -0.497 e. The summed E-state index contributed by atoms with van der Waals surface area (Å²) in [7, 11) is 1.61. The highest BCUT2D eigenvalue weighted by atomic mass is 16.5. The van der Waals surface area contributed by atoms with Gasteiger partial charge in [0, 0.05) is 30.4 Å². The number of anilines is 3. The van der Waals surface area contributed by atoms with E-state index in [1.807, 2.05) is 79.7 Å². The van der Waals surface area contributed by atoms with Gasteiger partial charge in [0.05, 0.1) is 7.11 Å². The first-order valence-electron chi connectivity index (χ1n) is 11.9. The van der Waals surface area contributed by atoms with Gasteiger partial charge in [0.1, 0.15) is 17.6 Å². The molecule has 36 heavy (non-hydrogen) atoms. The molecule has 0 aliphatic rings. The van der Waals surface area contributed by atoms with Gasteiger partial charge in [-0.15, -0.1) is 0 Å². The SMILES string of the molecule is COc1ccc(NC(=O)[C@H](Cc2ccccc2)Nc2cc(C)nc(NCc3ccccc3C)n2)cc1. The first-order valence-corrected chi connectivity index (χ1v) is 11.9. The standard InChI is InChI=1S/C29H31N5O2/c1-20-9-7-8-12-23(20)19-30-29-31-21(2)17-27(34-29)33-26(18-22-10-5-4-6-11-22)28(35)32-24-13-15-25(36-3)16-14-24/h4-17,26H,18-19H2,1-3H3,(H,32,35)(H2,30,31,33,34)/t26-/m0/s1. The molecule has 7 heteroatoms. The van der Waals surface area contributed by atoms with Crippen LogP contribution >= 0.6 is 0 Å². The van der Waals surface area contributed by atoms with Gasteiger partial charge in [-0.3, -0.25) is 4.79 Å². The van der Waals surface area contributed by atoms with Gasteiger partial charge in [0.2, 0.25) is 11.9 Å². The van der Waals surface area contributed by atoms with Crippen LogP contribution in [0.1, 0.15) is 22.4 Å². The lowest BCUT2D eigenvalue weighted by Crippen LogP contribution is -2.37. The lowest BCUT2D eigenvalue weighted by molar-refractivity contribution is -0.116. The first kappa shape index (κ1) is 24.7. The molecule has 4 rings (SSSR count). The molecule has 1 heterocycles. The maximum atomic E-state index is 13.3. The number of nitrogens with zero attached hydrogens (tertiary/aromatic N) is 2. The van der Waals surface area contributed by atoms with Crippen molar-refractivity contribution in [1.82, 2.24) is 9.97 Å². The number of rotatable bonds is 10. The van der Waals surface area contributed by atoms with E-state index < -0.39 is 6.04 Å². The molecular formula is C29H31N5O2. The highest BCUT2D eigenvalue weighted by molar-refractivity contribution is 5.96. The van der Waals surface area contributed by atoms with E-state index in [1.54, 1.807) is 7.11 Å². The Kier molecular flexibility index (Phi) is 8.13. The largest absolute Gasteiger partial charge is 0.497 e. The number of carbonyl (C=O) groups is 1. The summed E-state index contributed by atoms with van der Waals surface area (Å²) in [5.74, 6) is 1.67. The fourth-order valence-electron chi connectivity index (χ4n) is 3.85. The fraction of sp³-hybridized carbons (Fsp3) is 0.207. The van der Waals surface area contributed by atoms with Crippen molar-refractivity contribution in [2.75, 3.05) is 23.1 Å². The fourth-order valence-corrected chi connectivity index (χ4v) is 3.85. The van der Waals surface area contributed by atoms with Crippen molar-refractivity contribution >= 4 is 23.4 Å². The Morgan fingerprint density at radius 1 is 0.917 bits per heavy atom. The van der Waals surface area contributed by atoms with Crippen molar-refractivity contribution in [2.24, 2.45) is 0 Å². The number of nitrogens with one attached hydrogen (secondary N) is 3. The second-order valence-electron chi connectivity index (χ2n) is 8.60. The normalized spacial score (nSPS) is 11.4. The quantitative estimate of drug-likeness (QED) is 0.282. The van der Waals surface area contributed by atoms with E-state index in [4.69, 9.17) is 4.74 Å². The van der Waals surface area contributed by atoms with Gasteiger partial charge in [-0.1, -0.05) is 54.6 Å². The van der Waals surface area contributed by atoms with Crippen LogP contribution in [-0.2, 0) is 17.8 Å². The molecular weight excluding hydrogens is 450 g/mol. The Bertz CT molecular complexity index is 1290. The molecule has 1 amide bonds. The Morgan fingerprint density at radius 2 is 1.64 bits per heavy atom. The molecule has 0 spiro atoms. The predicted octanol–water partition coefficient (Wildman–Crippen LogP) is 5.38. The van der Waals surface area contributed by atoms with Gasteiger partial charge >= 0.3 is 0 Å². The zero-order valence-electron chi connectivity index (χ0n) is 20.8. The maximum Gasteiger partial charge on any atom is 0.247 e. The number of aromatic nitrogens is 2. The third-order valence-electron chi connectivity index (χ3n) is 5.83. The monoisotopic (exact) mass is 481 g/mol. The summed E-state index contributed by atoms with van der Waals surface area (Å²) in [6, 6.07) is 26.7. The molecule has 3 N–H and O–H groups in total. The molecule has 4 aromatic rings. The first-order chi connectivity index (χ1) is 17.5. The topological polar surface area (TPSA) is 88.2 Å². The number of carbonyl (C=O) groups excluding carboxylic acids is 1. The highest BCUT2D eigenvalue weighted by Crippen LogP contribution is 2.18. The molecule has 184 valence electrons. The summed E-state index contributed by atoms with van der Waals surface area (Å²) in [5.41, 5.74) is 4.92. The lowest BCUT2D eigenvalue weighted by Gasteiger charge is -2.20. The Labute approximate surface area is 212 Å². The summed E-state index contributed by atoms with van der Waals surface area (Å²) in [6.45, 7) is 4.60. The molecule has 0 bridgehead atoms. The third kappa shape index (κ3) is 6.82. The molecule has 7 nitrogen and oxygen atoms in total. The minimum atomic E-state index is -0.548. The number of ether oxygens (including phenoxy) is 1. The molecule has 0 aliphatic carbocycles. The van der Waals surface area contributed by atoms with E-state index in [0.717, 1.165) is 17.0 Å². The molecule has 0 saturated heterocycles. The maximum absolute atomic E-state index is 13.3. The van der Waals surface area contributed by atoms with E-state index in [2.05, 4.69) is 45.0 Å². The third-order valence-corrected chi connectivity index (χ3v) is 5.83. The number of aryl methyl sites for hydroxylation is 2. The van der Waals surface area contributed by atoms with Gasteiger partial charge in [0.25, 0.3) is 0 Å². The molecule has 1 atom stereocenters. The Morgan fingerprint density at radius 3 is 2.36 bits per heavy atom. The van der Waals surface area contributed by atoms with Crippen molar-refractivity contribution < 1.29 is 9.53 Å². The van der Waals surface area contributed by atoms with Crippen molar-refractivity contribution in [2.45, 2.75) is 32.9 Å². The average Bonchev–Trinajstić information content (AvgIpc) is 2.88. The van der Waals surface area contributed by atoms with Crippen LogP contribution in [0.3, 0.4) is 0 Å². The predicted molar refractivity (Wildman–Crippen MR) is 144 cm³/mol. The van der Waals surface area contributed by atoms with Gasteiger partial charge < -0.3 is 20.7 Å². The summed E-state index contributed by atoms with van der Waals surface area (Å²) >= 11 is 0. The number of hydrogen-bond acceptors (Lipinski definition) is 6. The van der Waals surface area contributed by atoms with Crippen molar-refractivity contribution in [3.05, 3.63) is 107 Å². The second kappa shape index (κ2) is 11.8. The number of hydrogen-bond donors (Lipinski definition) is 3. The zero-order valence-corrected chi connectivity index (χ0v) is 20.8. The number of benzene rings is 3.